The van der Waals surface area contributed by atoms with E-state index in [1.165, 1.54) is 24.8 Å². The number of carbonyl (C=O) groups excluding carboxylic acids is 2. The van der Waals surface area contributed by atoms with Crippen LogP contribution >= 0.6 is 0 Å². The Balaban J connectivity index is 3.19. The van der Waals surface area contributed by atoms with E-state index in [9.17, 15) is 24.6 Å². The average Bonchev–Trinajstić information content (AvgIpc) is 2.75. The second-order valence-corrected chi connectivity index (χ2v) is 9.37. The van der Waals surface area contributed by atoms with E-state index in [0.717, 1.165) is 5.56 Å². The van der Waals surface area contributed by atoms with E-state index >= 15 is 0 Å². The number of likely N-dealkylation sites (N-methyl/N-ethyl adjacent to an activating group) is 2. The topological polar surface area (TPSA) is 119 Å². The number of rotatable bonds is 11. The van der Waals surface area contributed by atoms with Gasteiger partial charge in [0.15, 0.2) is 0 Å². The largest absolute Gasteiger partial charge is 0.478 e. The number of hydrogen-bond donors (Lipinski definition) is 4. The Kier molecular flexibility index (Phi) is 10.3. The Bertz CT molecular complexity index is 849. The standard InChI is InChI=1S/C25H39N3O5/c1-15(2)19(14-16(3)24(32)33)28(8)23(31)20(17(4)29)27-22(30)21(26-7)25(5,6)18-12-10-9-11-13-18/h9-15,17,19-21,26,29H,1-8H3,(H,27,30)(H,32,33)/t17-,19+,20-,21+/m0/s1. The van der Waals surface area contributed by atoms with Gasteiger partial charge in [-0.05, 0) is 32.4 Å². The van der Waals surface area contributed by atoms with Gasteiger partial charge in [-0.2, -0.15) is 0 Å². The van der Waals surface area contributed by atoms with Crippen LogP contribution in [0.1, 0.15) is 47.1 Å². The number of aliphatic carboxylic acids is 1. The van der Waals surface area contributed by atoms with E-state index < -0.39 is 47.4 Å². The van der Waals surface area contributed by atoms with E-state index in [0.29, 0.717) is 0 Å². The van der Waals surface area contributed by atoms with Crippen LogP contribution in [0.15, 0.2) is 42.0 Å². The molecule has 0 bridgehead atoms. The van der Waals surface area contributed by atoms with Crippen molar-refractivity contribution < 1.29 is 24.6 Å². The third-order valence-electron chi connectivity index (χ3n) is 6.07. The number of nitrogens with zero attached hydrogens (tertiary/aromatic N) is 1. The van der Waals surface area contributed by atoms with E-state index in [1.807, 2.05) is 58.0 Å². The zero-order chi connectivity index (χ0) is 25.5. The highest BCUT2D eigenvalue weighted by atomic mass is 16.4. The van der Waals surface area contributed by atoms with Crippen LogP contribution < -0.4 is 10.6 Å². The summed E-state index contributed by atoms with van der Waals surface area (Å²) in [5.41, 5.74) is 0.469. The molecule has 0 fully saturated rings. The number of carboxylic acids is 1. The highest BCUT2D eigenvalue weighted by Crippen LogP contribution is 2.27. The molecule has 0 aromatic heterocycles. The lowest BCUT2D eigenvalue weighted by molar-refractivity contribution is -0.140. The maximum absolute atomic E-state index is 13.3. The molecule has 4 N–H and O–H groups in total. The Morgan fingerprint density at radius 3 is 2.06 bits per heavy atom. The van der Waals surface area contributed by atoms with Crippen molar-refractivity contribution in [2.24, 2.45) is 5.92 Å². The first-order valence-corrected chi connectivity index (χ1v) is 11.1. The molecule has 4 atom stereocenters. The molecule has 0 saturated heterocycles. The number of carbonyl (C=O) groups is 3. The lowest BCUT2D eigenvalue weighted by atomic mass is 9.77. The molecule has 0 aliphatic carbocycles. The second-order valence-electron chi connectivity index (χ2n) is 9.37. The van der Waals surface area contributed by atoms with Gasteiger partial charge in [0, 0.05) is 18.0 Å². The van der Waals surface area contributed by atoms with Crippen LogP contribution in [0, 0.1) is 5.92 Å². The Morgan fingerprint density at radius 1 is 1.09 bits per heavy atom. The molecule has 1 aromatic carbocycles. The Morgan fingerprint density at radius 2 is 1.64 bits per heavy atom. The van der Waals surface area contributed by atoms with Gasteiger partial charge in [-0.15, -0.1) is 0 Å². The van der Waals surface area contributed by atoms with Gasteiger partial charge in [-0.3, -0.25) is 9.59 Å². The molecule has 0 spiro atoms. The maximum Gasteiger partial charge on any atom is 0.331 e. The average molecular weight is 462 g/mol. The molecule has 1 rings (SSSR count). The van der Waals surface area contributed by atoms with Crippen molar-refractivity contribution in [2.75, 3.05) is 14.1 Å². The van der Waals surface area contributed by atoms with Crippen molar-refractivity contribution in [1.82, 2.24) is 15.5 Å². The summed E-state index contributed by atoms with van der Waals surface area (Å²) in [6.07, 6.45) is 0.361. The van der Waals surface area contributed by atoms with Gasteiger partial charge in [-0.25, -0.2) is 4.79 Å². The van der Waals surface area contributed by atoms with E-state index in [1.54, 1.807) is 14.1 Å². The monoisotopic (exact) mass is 461 g/mol. The van der Waals surface area contributed by atoms with Crippen LogP contribution in [0.25, 0.3) is 0 Å². The van der Waals surface area contributed by atoms with Crippen molar-refractivity contribution in [2.45, 2.75) is 71.2 Å². The normalized spacial score (nSPS) is 16.0. The lowest BCUT2D eigenvalue weighted by Gasteiger charge is -2.37. The predicted octanol–water partition coefficient (Wildman–Crippen LogP) is 1.93. The number of nitrogens with one attached hydrogen (secondary N) is 2. The highest BCUT2D eigenvalue weighted by Gasteiger charge is 2.39. The van der Waals surface area contributed by atoms with Crippen molar-refractivity contribution in [3.05, 3.63) is 47.5 Å². The Labute approximate surface area is 197 Å². The number of aliphatic hydroxyl groups is 1. The van der Waals surface area contributed by atoms with Crippen molar-refractivity contribution in [1.29, 1.82) is 0 Å². The molecule has 0 heterocycles. The molecule has 2 amide bonds. The molecule has 184 valence electrons. The molecule has 0 aliphatic heterocycles. The predicted molar refractivity (Wildman–Crippen MR) is 129 cm³/mol. The fraction of sp³-hybridized carbons (Fsp3) is 0.560. The van der Waals surface area contributed by atoms with Gasteiger partial charge in [-0.1, -0.05) is 64.1 Å². The van der Waals surface area contributed by atoms with Gasteiger partial charge < -0.3 is 25.7 Å². The van der Waals surface area contributed by atoms with Crippen molar-refractivity contribution in [3.8, 4) is 0 Å². The first-order valence-electron chi connectivity index (χ1n) is 11.1. The first-order chi connectivity index (χ1) is 15.2. The summed E-state index contributed by atoms with van der Waals surface area (Å²) in [6, 6.07) is 7.19. The van der Waals surface area contributed by atoms with Gasteiger partial charge in [0.05, 0.1) is 18.2 Å². The molecular formula is C25H39N3O5. The minimum Gasteiger partial charge on any atom is -0.478 e. The fourth-order valence-electron chi connectivity index (χ4n) is 3.92. The van der Waals surface area contributed by atoms with Crippen LogP contribution in [-0.4, -0.2) is 71.2 Å². The van der Waals surface area contributed by atoms with Gasteiger partial charge in [0.2, 0.25) is 11.8 Å². The number of amides is 2. The lowest BCUT2D eigenvalue weighted by Crippen LogP contribution is -2.61. The van der Waals surface area contributed by atoms with Crippen LogP contribution in [-0.2, 0) is 19.8 Å². The van der Waals surface area contributed by atoms with E-state index in [-0.39, 0.29) is 11.5 Å². The number of hydrogen-bond acceptors (Lipinski definition) is 5. The van der Waals surface area contributed by atoms with Crippen LogP contribution in [0.5, 0.6) is 0 Å². The Hall–Kier alpha value is -2.71. The van der Waals surface area contributed by atoms with Crippen LogP contribution in [0.3, 0.4) is 0 Å². The highest BCUT2D eigenvalue weighted by molar-refractivity contribution is 5.91. The first kappa shape index (κ1) is 28.3. The van der Waals surface area contributed by atoms with Gasteiger partial charge in [0.25, 0.3) is 0 Å². The SMILES string of the molecule is CN[C@H](C(=O)N[C@H](C(=O)N(C)[C@H](C=C(C)C(=O)O)C(C)C)[C@H](C)O)C(C)(C)c1ccccc1. The third kappa shape index (κ3) is 7.14. The zero-order valence-electron chi connectivity index (χ0n) is 20.9. The van der Waals surface area contributed by atoms with Crippen molar-refractivity contribution in [3.63, 3.8) is 0 Å². The number of carboxylic acid groups (broad SMARTS) is 1. The quantitative estimate of drug-likeness (QED) is 0.374. The van der Waals surface area contributed by atoms with Crippen LogP contribution in [0.2, 0.25) is 0 Å². The van der Waals surface area contributed by atoms with Gasteiger partial charge >= 0.3 is 5.97 Å². The molecule has 8 heteroatoms. The van der Waals surface area contributed by atoms with Gasteiger partial charge in [0.1, 0.15) is 6.04 Å². The summed E-state index contributed by atoms with van der Waals surface area (Å²) in [7, 11) is 3.22. The number of benzene rings is 1. The summed E-state index contributed by atoms with van der Waals surface area (Å²) in [4.78, 5) is 39.2. The summed E-state index contributed by atoms with van der Waals surface area (Å²) < 4.78 is 0. The fourth-order valence-corrected chi connectivity index (χ4v) is 3.92. The summed E-state index contributed by atoms with van der Waals surface area (Å²) in [5.74, 6) is -2.07. The molecule has 0 radical (unpaired) electrons. The van der Waals surface area contributed by atoms with Crippen LogP contribution in [0.4, 0.5) is 0 Å². The maximum atomic E-state index is 13.3. The molecule has 1 aromatic rings. The third-order valence-corrected chi connectivity index (χ3v) is 6.07. The summed E-state index contributed by atoms with van der Waals surface area (Å²) >= 11 is 0. The molecule has 0 unspecified atom stereocenters. The van der Waals surface area contributed by atoms with E-state index in [4.69, 9.17) is 0 Å². The summed E-state index contributed by atoms with van der Waals surface area (Å²) in [6.45, 7) is 10.5. The minimum absolute atomic E-state index is 0.0827. The number of aliphatic hydroxyl groups excluding tert-OH is 1. The molecule has 33 heavy (non-hydrogen) atoms. The summed E-state index contributed by atoms with van der Waals surface area (Å²) in [5, 5.41) is 25.3. The molecule has 8 nitrogen and oxygen atoms in total. The molecule has 0 saturated carbocycles. The minimum atomic E-state index is -1.19. The zero-order valence-corrected chi connectivity index (χ0v) is 20.9. The molecular weight excluding hydrogens is 422 g/mol. The van der Waals surface area contributed by atoms with E-state index in [2.05, 4.69) is 10.6 Å². The van der Waals surface area contributed by atoms with Crippen molar-refractivity contribution >= 4 is 17.8 Å². The smallest absolute Gasteiger partial charge is 0.331 e. The second kappa shape index (κ2) is 12.0. The molecule has 0 aliphatic rings.